The van der Waals surface area contributed by atoms with E-state index in [-0.39, 0.29) is 24.1 Å². The molecular formula is C22H24FN5O2S. The molecule has 1 aromatic heterocycles. The molecule has 2 aromatic carbocycles. The van der Waals surface area contributed by atoms with E-state index in [1.807, 2.05) is 47.8 Å². The molecular weight excluding hydrogens is 417 g/mol. The highest BCUT2D eigenvalue weighted by atomic mass is 32.2. The molecule has 0 saturated carbocycles. The lowest BCUT2D eigenvalue weighted by molar-refractivity contribution is -0.113. The standard InChI is InChI=1S/C22H24FN5O2S/c1-4-13-28-20(14-30-19-11-5-16(23)6-12-19)25-26-22(28)31-15-21(29)24-17-7-9-18(10-8-17)27(2)3/h4-12H,1,13-15H2,2-3H3,(H,24,29). The molecule has 162 valence electrons. The Balaban J connectivity index is 1.58. The van der Waals surface area contributed by atoms with Crippen molar-refractivity contribution in [3.8, 4) is 5.75 Å². The van der Waals surface area contributed by atoms with Crippen LogP contribution in [0.2, 0.25) is 0 Å². The summed E-state index contributed by atoms with van der Waals surface area (Å²) >= 11 is 1.28. The fourth-order valence-electron chi connectivity index (χ4n) is 2.69. The predicted octanol–water partition coefficient (Wildman–Crippen LogP) is 3.98. The van der Waals surface area contributed by atoms with Gasteiger partial charge in [-0.2, -0.15) is 0 Å². The van der Waals surface area contributed by atoms with Crippen molar-refractivity contribution in [2.75, 3.05) is 30.1 Å². The molecule has 7 nitrogen and oxygen atoms in total. The lowest BCUT2D eigenvalue weighted by Crippen LogP contribution is -2.15. The molecule has 0 aliphatic heterocycles. The Morgan fingerprint density at radius 1 is 1.19 bits per heavy atom. The van der Waals surface area contributed by atoms with Gasteiger partial charge in [-0.25, -0.2) is 4.39 Å². The highest BCUT2D eigenvalue weighted by Crippen LogP contribution is 2.20. The zero-order valence-corrected chi connectivity index (χ0v) is 18.2. The average molecular weight is 442 g/mol. The van der Waals surface area contributed by atoms with E-state index >= 15 is 0 Å². The molecule has 0 spiro atoms. The Labute approximate surface area is 184 Å². The summed E-state index contributed by atoms with van der Waals surface area (Å²) in [6, 6.07) is 13.4. The highest BCUT2D eigenvalue weighted by molar-refractivity contribution is 7.99. The van der Waals surface area contributed by atoms with Crippen LogP contribution in [0.25, 0.3) is 0 Å². The number of carbonyl (C=O) groups is 1. The number of hydrogen-bond acceptors (Lipinski definition) is 6. The van der Waals surface area contributed by atoms with Crippen molar-refractivity contribution in [3.05, 3.63) is 72.8 Å². The van der Waals surface area contributed by atoms with Crippen LogP contribution in [0.3, 0.4) is 0 Å². The largest absolute Gasteiger partial charge is 0.486 e. The number of amides is 1. The molecule has 3 rings (SSSR count). The Morgan fingerprint density at radius 3 is 2.55 bits per heavy atom. The zero-order valence-electron chi connectivity index (χ0n) is 17.4. The van der Waals surface area contributed by atoms with Crippen molar-refractivity contribution in [2.24, 2.45) is 0 Å². The van der Waals surface area contributed by atoms with Gasteiger partial charge in [-0.3, -0.25) is 9.36 Å². The number of nitrogens with one attached hydrogen (secondary N) is 1. The van der Waals surface area contributed by atoms with Crippen molar-refractivity contribution < 1.29 is 13.9 Å². The lowest BCUT2D eigenvalue weighted by atomic mass is 10.2. The second-order valence-electron chi connectivity index (χ2n) is 6.82. The van der Waals surface area contributed by atoms with Crippen LogP contribution in [-0.2, 0) is 17.9 Å². The number of carbonyl (C=O) groups excluding carboxylic acids is 1. The first-order valence-electron chi connectivity index (χ1n) is 9.57. The number of halogens is 1. The Hall–Kier alpha value is -3.33. The van der Waals surface area contributed by atoms with Gasteiger partial charge in [0.1, 0.15) is 18.2 Å². The van der Waals surface area contributed by atoms with Crippen LogP contribution >= 0.6 is 11.8 Å². The summed E-state index contributed by atoms with van der Waals surface area (Å²) in [5.41, 5.74) is 1.79. The van der Waals surface area contributed by atoms with E-state index in [0.717, 1.165) is 11.4 Å². The molecule has 0 fully saturated rings. The van der Waals surface area contributed by atoms with Crippen LogP contribution in [-0.4, -0.2) is 40.5 Å². The molecule has 3 aromatic rings. The van der Waals surface area contributed by atoms with Crippen molar-refractivity contribution in [1.82, 2.24) is 14.8 Å². The molecule has 0 atom stereocenters. The number of rotatable bonds is 10. The molecule has 0 saturated heterocycles. The topological polar surface area (TPSA) is 72.3 Å². The SMILES string of the molecule is C=CCn1c(COc2ccc(F)cc2)nnc1SCC(=O)Nc1ccc(N(C)C)cc1. The molecule has 0 bridgehead atoms. The number of nitrogens with zero attached hydrogens (tertiary/aromatic N) is 4. The molecule has 31 heavy (non-hydrogen) atoms. The third-order valence-electron chi connectivity index (χ3n) is 4.29. The fourth-order valence-corrected chi connectivity index (χ4v) is 3.46. The first kappa shape index (κ1) is 22.4. The maximum atomic E-state index is 13.0. The van der Waals surface area contributed by atoms with Gasteiger partial charge in [0.2, 0.25) is 5.91 Å². The Morgan fingerprint density at radius 2 is 1.90 bits per heavy atom. The summed E-state index contributed by atoms with van der Waals surface area (Å²) < 4.78 is 20.5. The normalized spacial score (nSPS) is 10.5. The minimum atomic E-state index is -0.326. The van der Waals surface area contributed by atoms with E-state index in [2.05, 4.69) is 22.1 Å². The summed E-state index contributed by atoms with van der Waals surface area (Å²) in [6.07, 6.45) is 1.72. The van der Waals surface area contributed by atoms with Gasteiger partial charge in [0.15, 0.2) is 11.0 Å². The maximum Gasteiger partial charge on any atom is 0.234 e. The second-order valence-corrected chi connectivity index (χ2v) is 7.76. The maximum absolute atomic E-state index is 13.0. The number of allylic oxidation sites excluding steroid dienone is 1. The molecule has 0 aliphatic rings. The molecule has 1 heterocycles. The van der Waals surface area contributed by atoms with Crippen molar-refractivity contribution in [2.45, 2.75) is 18.3 Å². The first-order valence-corrected chi connectivity index (χ1v) is 10.6. The average Bonchev–Trinajstić information content (AvgIpc) is 3.14. The number of benzene rings is 2. The van der Waals surface area contributed by atoms with Gasteiger partial charge in [0.05, 0.1) is 5.75 Å². The monoisotopic (exact) mass is 441 g/mol. The van der Waals surface area contributed by atoms with Crippen LogP contribution < -0.4 is 15.0 Å². The van der Waals surface area contributed by atoms with E-state index in [1.165, 1.54) is 23.9 Å². The van der Waals surface area contributed by atoms with Gasteiger partial charge in [0, 0.05) is 32.0 Å². The minimum Gasteiger partial charge on any atom is -0.486 e. The van der Waals surface area contributed by atoms with Gasteiger partial charge in [-0.1, -0.05) is 17.8 Å². The lowest BCUT2D eigenvalue weighted by Gasteiger charge is -2.13. The minimum absolute atomic E-state index is 0.139. The van der Waals surface area contributed by atoms with Crippen molar-refractivity contribution >= 4 is 29.0 Å². The van der Waals surface area contributed by atoms with Crippen LogP contribution in [0.5, 0.6) is 5.75 Å². The molecule has 1 N–H and O–H groups in total. The number of hydrogen-bond donors (Lipinski definition) is 1. The summed E-state index contributed by atoms with van der Waals surface area (Å²) in [7, 11) is 3.92. The van der Waals surface area contributed by atoms with Gasteiger partial charge in [-0.15, -0.1) is 16.8 Å². The fraction of sp³-hybridized carbons (Fsp3) is 0.227. The van der Waals surface area contributed by atoms with E-state index in [9.17, 15) is 9.18 Å². The summed E-state index contributed by atoms with van der Waals surface area (Å²) in [5.74, 6) is 0.839. The van der Waals surface area contributed by atoms with Crippen molar-refractivity contribution in [3.63, 3.8) is 0 Å². The molecule has 0 unspecified atom stereocenters. The molecule has 1 amide bonds. The predicted molar refractivity (Wildman–Crippen MR) is 121 cm³/mol. The second kappa shape index (κ2) is 10.6. The quantitative estimate of drug-likeness (QED) is 0.379. The van der Waals surface area contributed by atoms with E-state index in [0.29, 0.717) is 23.3 Å². The molecule has 9 heteroatoms. The van der Waals surface area contributed by atoms with Crippen LogP contribution in [0.15, 0.2) is 66.3 Å². The van der Waals surface area contributed by atoms with Crippen LogP contribution in [0, 0.1) is 5.82 Å². The van der Waals surface area contributed by atoms with Crippen LogP contribution in [0.1, 0.15) is 5.82 Å². The zero-order chi connectivity index (χ0) is 22.2. The highest BCUT2D eigenvalue weighted by Gasteiger charge is 2.14. The van der Waals surface area contributed by atoms with Gasteiger partial charge < -0.3 is 15.0 Å². The Kier molecular flexibility index (Phi) is 7.66. The van der Waals surface area contributed by atoms with Gasteiger partial charge >= 0.3 is 0 Å². The third kappa shape index (κ3) is 6.32. The van der Waals surface area contributed by atoms with Gasteiger partial charge in [-0.05, 0) is 48.5 Å². The number of anilines is 2. The summed E-state index contributed by atoms with van der Waals surface area (Å²) in [5, 5.41) is 11.8. The summed E-state index contributed by atoms with van der Waals surface area (Å²) in [4.78, 5) is 14.3. The first-order chi connectivity index (χ1) is 15.0. The molecule has 0 aliphatic carbocycles. The number of ether oxygens (including phenoxy) is 1. The van der Waals surface area contributed by atoms with E-state index in [1.54, 1.807) is 18.2 Å². The number of thioether (sulfide) groups is 1. The Bertz CT molecular complexity index is 1020. The van der Waals surface area contributed by atoms with E-state index in [4.69, 9.17) is 4.74 Å². The third-order valence-corrected chi connectivity index (χ3v) is 5.25. The van der Waals surface area contributed by atoms with Crippen LogP contribution in [0.4, 0.5) is 15.8 Å². The molecule has 0 radical (unpaired) electrons. The number of aromatic nitrogens is 3. The van der Waals surface area contributed by atoms with Crippen molar-refractivity contribution in [1.29, 1.82) is 0 Å². The van der Waals surface area contributed by atoms with E-state index < -0.39 is 0 Å². The smallest absolute Gasteiger partial charge is 0.234 e. The van der Waals surface area contributed by atoms with Gasteiger partial charge in [0.25, 0.3) is 0 Å². The summed E-state index contributed by atoms with van der Waals surface area (Å²) in [6.45, 7) is 4.41.